The van der Waals surface area contributed by atoms with Crippen LogP contribution in [-0.2, 0) is 0 Å². The SMILES string of the molecule is CCNC(=NCC(c1ccc(Cl)cc1)N(C)C)NCC1CC1. The average Bonchev–Trinajstić information content (AvgIpc) is 3.30. The number of likely N-dealkylation sites (N-methyl/N-ethyl adjacent to an activating group) is 1. The lowest BCUT2D eigenvalue weighted by atomic mass is 10.1. The fourth-order valence-corrected chi connectivity index (χ4v) is 2.46. The number of hydrogen-bond donors (Lipinski definition) is 2. The summed E-state index contributed by atoms with van der Waals surface area (Å²) in [5, 5.41) is 7.52. The van der Waals surface area contributed by atoms with Gasteiger partial charge in [-0.25, -0.2) is 0 Å². The van der Waals surface area contributed by atoms with Crippen molar-refractivity contribution in [3.63, 3.8) is 0 Å². The maximum absolute atomic E-state index is 5.98. The highest BCUT2D eigenvalue weighted by atomic mass is 35.5. The third-order valence-corrected chi connectivity index (χ3v) is 4.15. The zero-order valence-corrected chi connectivity index (χ0v) is 14.5. The molecule has 1 aliphatic rings. The van der Waals surface area contributed by atoms with Crippen molar-refractivity contribution in [3.05, 3.63) is 34.9 Å². The zero-order chi connectivity index (χ0) is 15.9. The van der Waals surface area contributed by atoms with Crippen LogP contribution < -0.4 is 10.6 Å². The summed E-state index contributed by atoms with van der Waals surface area (Å²) in [6, 6.07) is 8.27. The van der Waals surface area contributed by atoms with Gasteiger partial charge in [-0.05, 0) is 57.5 Å². The molecule has 0 amide bonds. The van der Waals surface area contributed by atoms with E-state index in [1.165, 1.54) is 18.4 Å². The first-order valence-electron chi connectivity index (χ1n) is 8.04. The van der Waals surface area contributed by atoms with Gasteiger partial charge in [-0.15, -0.1) is 0 Å². The summed E-state index contributed by atoms with van der Waals surface area (Å²) in [5.74, 6) is 1.75. The van der Waals surface area contributed by atoms with Gasteiger partial charge in [0.25, 0.3) is 0 Å². The van der Waals surface area contributed by atoms with Gasteiger partial charge in [0, 0.05) is 18.1 Å². The van der Waals surface area contributed by atoms with Gasteiger partial charge in [0.15, 0.2) is 5.96 Å². The van der Waals surface area contributed by atoms with Gasteiger partial charge in [0.05, 0.1) is 12.6 Å². The number of nitrogens with zero attached hydrogens (tertiary/aromatic N) is 2. The third-order valence-electron chi connectivity index (χ3n) is 3.90. The number of guanidine groups is 1. The summed E-state index contributed by atoms with van der Waals surface area (Å²) in [7, 11) is 4.17. The summed E-state index contributed by atoms with van der Waals surface area (Å²) < 4.78 is 0. The van der Waals surface area contributed by atoms with Crippen LogP contribution in [-0.4, -0.2) is 44.6 Å². The van der Waals surface area contributed by atoms with Crippen LogP contribution in [0.2, 0.25) is 5.02 Å². The van der Waals surface area contributed by atoms with E-state index in [9.17, 15) is 0 Å². The molecule has 1 aromatic rings. The quantitative estimate of drug-likeness (QED) is 0.599. The van der Waals surface area contributed by atoms with Crippen molar-refractivity contribution in [1.29, 1.82) is 0 Å². The Labute approximate surface area is 138 Å². The lowest BCUT2D eigenvalue weighted by Crippen LogP contribution is -2.39. The van der Waals surface area contributed by atoms with E-state index in [2.05, 4.69) is 48.7 Å². The third kappa shape index (κ3) is 5.50. The molecule has 22 heavy (non-hydrogen) atoms. The number of rotatable bonds is 7. The molecule has 1 aliphatic carbocycles. The molecule has 0 aromatic heterocycles. The van der Waals surface area contributed by atoms with Crippen molar-refractivity contribution in [2.75, 3.05) is 33.7 Å². The molecule has 1 saturated carbocycles. The number of hydrogen-bond acceptors (Lipinski definition) is 2. The second kappa shape index (κ2) is 8.39. The first-order chi connectivity index (χ1) is 10.6. The van der Waals surface area contributed by atoms with E-state index in [-0.39, 0.29) is 6.04 Å². The van der Waals surface area contributed by atoms with Crippen LogP contribution in [0.5, 0.6) is 0 Å². The number of aliphatic imine (C=N–C) groups is 1. The second-order valence-electron chi connectivity index (χ2n) is 6.07. The molecule has 122 valence electrons. The summed E-state index contributed by atoms with van der Waals surface area (Å²) in [5.41, 5.74) is 1.23. The summed E-state index contributed by atoms with van der Waals surface area (Å²) >= 11 is 5.98. The molecule has 5 heteroatoms. The molecule has 0 bridgehead atoms. The molecule has 0 spiro atoms. The van der Waals surface area contributed by atoms with E-state index in [0.717, 1.165) is 30.0 Å². The average molecular weight is 323 g/mol. The van der Waals surface area contributed by atoms with Crippen molar-refractivity contribution in [2.45, 2.75) is 25.8 Å². The van der Waals surface area contributed by atoms with Crippen LogP contribution in [0.1, 0.15) is 31.4 Å². The molecule has 1 aromatic carbocycles. The normalized spacial score (nSPS) is 16.7. The van der Waals surface area contributed by atoms with Crippen LogP contribution in [0.4, 0.5) is 0 Å². The van der Waals surface area contributed by atoms with Gasteiger partial charge in [-0.2, -0.15) is 0 Å². The van der Waals surface area contributed by atoms with Crippen LogP contribution in [0.25, 0.3) is 0 Å². The standard InChI is InChI=1S/C17H27ClN4/c1-4-19-17(20-11-13-5-6-13)21-12-16(22(2)3)14-7-9-15(18)10-8-14/h7-10,13,16H,4-6,11-12H2,1-3H3,(H2,19,20,21). The molecular weight excluding hydrogens is 296 g/mol. The number of benzene rings is 1. The predicted molar refractivity (Wildman–Crippen MR) is 94.6 cm³/mol. The Hall–Kier alpha value is -1.26. The number of halogens is 1. The van der Waals surface area contributed by atoms with Crippen LogP contribution in [0.3, 0.4) is 0 Å². The van der Waals surface area contributed by atoms with Crippen LogP contribution in [0.15, 0.2) is 29.3 Å². The van der Waals surface area contributed by atoms with Crippen LogP contribution >= 0.6 is 11.6 Å². The van der Waals surface area contributed by atoms with Crippen LogP contribution in [0, 0.1) is 5.92 Å². The minimum absolute atomic E-state index is 0.244. The Balaban J connectivity index is 2.00. The number of nitrogens with one attached hydrogen (secondary N) is 2. The first kappa shape index (κ1) is 17.1. The van der Waals surface area contributed by atoms with Crippen molar-refractivity contribution in [2.24, 2.45) is 10.9 Å². The smallest absolute Gasteiger partial charge is 0.191 e. The van der Waals surface area contributed by atoms with Gasteiger partial charge >= 0.3 is 0 Å². The highest BCUT2D eigenvalue weighted by molar-refractivity contribution is 6.30. The molecule has 1 fully saturated rings. The van der Waals surface area contributed by atoms with Crippen molar-refractivity contribution in [3.8, 4) is 0 Å². The maximum Gasteiger partial charge on any atom is 0.191 e. The molecule has 2 rings (SSSR count). The van der Waals surface area contributed by atoms with Crippen molar-refractivity contribution < 1.29 is 0 Å². The van der Waals surface area contributed by atoms with E-state index < -0.39 is 0 Å². The molecule has 2 N–H and O–H groups in total. The predicted octanol–water partition coefficient (Wildman–Crippen LogP) is 2.91. The molecule has 4 nitrogen and oxygen atoms in total. The van der Waals surface area contributed by atoms with E-state index in [4.69, 9.17) is 16.6 Å². The highest BCUT2D eigenvalue weighted by Gasteiger charge is 2.21. The maximum atomic E-state index is 5.98. The Bertz CT molecular complexity index is 480. The highest BCUT2D eigenvalue weighted by Crippen LogP contribution is 2.27. The van der Waals surface area contributed by atoms with Crippen molar-refractivity contribution >= 4 is 17.6 Å². The lowest BCUT2D eigenvalue weighted by molar-refractivity contribution is 0.306. The van der Waals surface area contributed by atoms with E-state index >= 15 is 0 Å². The molecule has 1 atom stereocenters. The van der Waals surface area contributed by atoms with Gasteiger partial charge in [-0.1, -0.05) is 23.7 Å². The Morgan fingerprint density at radius 3 is 2.50 bits per heavy atom. The summed E-state index contributed by atoms with van der Waals surface area (Å²) in [6.07, 6.45) is 2.69. The fraction of sp³-hybridized carbons (Fsp3) is 0.588. The van der Waals surface area contributed by atoms with Gasteiger partial charge in [0.2, 0.25) is 0 Å². The van der Waals surface area contributed by atoms with Crippen molar-refractivity contribution in [1.82, 2.24) is 15.5 Å². The summed E-state index contributed by atoms with van der Waals surface area (Å²) in [6.45, 7) is 4.72. The summed E-state index contributed by atoms with van der Waals surface area (Å²) in [4.78, 5) is 6.95. The van der Waals surface area contributed by atoms with Gasteiger partial charge in [-0.3, -0.25) is 4.99 Å². The zero-order valence-electron chi connectivity index (χ0n) is 13.8. The molecular formula is C17H27ClN4. The molecule has 1 unspecified atom stereocenters. The van der Waals surface area contributed by atoms with E-state index in [1.54, 1.807) is 0 Å². The minimum atomic E-state index is 0.244. The molecule has 0 aliphatic heterocycles. The monoisotopic (exact) mass is 322 g/mol. The Morgan fingerprint density at radius 1 is 1.27 bits per heavy atom. The van der Waals surface area contributed by atoms with Gasteiger partial charge in [0.1, 0.15) is 0 Å². The molecule has 0 radical (unpaired) electrons. The van der Waals surface area contributed by atoms with E-state index in [0.29, 0.717) is 6.54 Å². The second-order valence-corrected chi connectivity index (χ2v) is 6.51. The minimum Gasteiger partial charge on any atom is -0.357 e. The molecule has 0 heterocycles. The van der Waals surface area contributed by atoms with Gasteiger partial charge < -0.3 is 15.5 Å². The topological polar surface area (TPSA) is 39.7 Å². The fourth-order valence-electron chi connectivity index (χ4n) is 2.33. The lowest BCUT2D eigenvalue weighted by Gasteiger charge is -2.24. The Morgan fingerprint density at radius 2 is 1.95 bits per heavy atom. The largest absolute Gasteiger partial charge is 0.357 e. The first-order valence-corrected chi connectivity index (χ1v) is 8.42. The van der Waals surface area contributed by atoms with E-state index in [1.807, 2.05) is 12.1 Å². The Kier molecular flexibility index (Phi) is 6.52. The molecule has 0 saturated heterocycles.